The first kappa shape index (κ1) is 36.0. The predicted octanol–water partition coefficient (Wildman–Crippen LogP) is 6.69. The maximum absolute atomic E-state index is 13.7. The van der Waals surface area contributed by atoms with Gasteiger partial charge in [-0.3, -0.25) is 0 Å². The molecule has 3 rings (SSSR count). The summed E-state index contributed by atoms with van der Waals surface area (Å²) in [5.41, 5.74) is -18.8. The lowest BCUT2D eigenvalue weighted by Crippen LogP contribution is -2.24. The third-order valence-corrected chi connectivity index (χ3v) is 6.49. The van der Waals surface area contributed by atoms with Crippen molar-refractivity contribution in [3.63, 3.8) is 0 Å². The van der Waals surface area contributed by atoms with Gasteiger partial charge in [-0.05, 0) is 35.4 Å². The molecule has 0 saturated carbocycles. The number of nitriles is 6. The molecule has 18 heteroatoms. The normalized spacial score (nSPS) is 13.1. The topological polar surface area (TPSA) is 143 Å². The first-order chi connectivity index (χ1) is 22.1. The molecular weight excluding hydrogens is 672 g/mol. The van der Waals surface area contributed by atoms with Crippen LogP contribution >= 0.6 is 0 Å². The van der Waals surface area contributed by atoms with Crippen LogP contribution in [0.15, 0.2) is 36.4 Å². The van der Waals surface area contributed by atoms with Gasteiger partial charge in [0.2, 0.25) is 0 Å². The minimum Gasteiger partial charge on any atom is -0.192 e. The lowest BCUT2D eigenvalue weighted by atomic mass is 9.90. The second kappa shape index (κ2) is 12.4. The van der Waals surface area contributed by atoms with Crippen molar-refractivity contribution >= 4 is 11.1 Å². The Balaban J connectivity index is 2.65. The number of halogens is 12. The summed E-state index contributed by atoms with van der Waals surface area (Å²) in [6.07, 6.45) is -22.3. The van der Waals surface area contributed by atoms with Crippen LogP contribution in [-0.2, 0) is 24.7 Å². The molecule has 0 amide bonds. The molecule has 3 aromatic rings. The summed E-state index contributed by atoms with van der Waals surface area (Å²) in [5, 5.41) is 55.7. The van der Waals surface area contributed by atoms with Gasteiger partial charge < -0.3 is 0 Å². The van der Waals surface area contributed by atoms with E-state index in [1.54, 1.807) is 0 Å². The molecule has 0 saturated heterocycles. The molecule has 0 atom stereocenters. The van der Waals surface area contributed by atoms with Gasteiger partial charge in [-0.2, -0.15) is 84.3 Å². The minimum atomic E-state index is -5.58. The van der Waals surface area contributed by atoms with E-state index >= 15 is 0 Å². The van der Waals surface area contributed by atoms with Crippen molar-refractivity contribution in [1.29, 1.82) is 31.6 Å². The van der Waals surface area contributed by atoms with E-state index in [0.717, 1.165) is 12.1 Å². The summed E-state index contributed by atoms with van der Waals surface area (Å²) in [7, 11) is 0. The Morgan fingerprint density at radius 3 is 0.792 bits per heavy atom. The van der Waals surface area contributed by atoms with E-state index in [4.69, 9.17) is 10.5 Å². The van der Waals surface area contributed by atoms with E-state index in [1.807, 2.05) is 0 Å². The van der Waals surface area contributed by atoms with Crippen LogP contribution in [0.1, 0.15) is 55.6 Å². The summed E-state index contributed by atoms with van der Waals surface area (Å²) in [6, 6.07) is 8.10. The summed E-state index contributed by atoms with van der Waals surface area (Å²) in [6.45, 7) is 0. The number of nitrogens with zero attached hydrogens (tertiary/aromatic N) is 6. The summed E-state index contributed by atoms with van der Waals surface area (Å²) < 4.78 is 165. The van der Waals surface area contributed by atoms with Gasteiger partial charge in [-0.1, -0.05) is 12.1 Å². The zero-order chi connectivity index (χ0) is 36.6. The average molecular weight is 678 g/mol. The van der Waals surface area contributed by atoms with Crippen molar-refractivity contribution in [3.8, 4) is 36.4 Å². The number of rotatable bonds is 2. The Morgan fingerprint density at radius 1 is 0.396 bits per heavy atom. The molecule has 0 aliphatic heterocycles. The molecule has 0 unspecified atom stereocenters. The van der Waals surface area contributed by atoms with Crippen LogP contribution < -0.4 is 10.4 Å². The van der Waals surface area contributed by atoms with E-state index in [-0.39, 0.29) is 24.3 Å². The van der Waals surface area contributed by atoms with Gasteiger partial charge in [0.05, 0.1) is 55.7 Å². The predicted molar refractivity (Wildman–Crippen MR) is 134 cm³/mol. The largest absolute Gasteiger partial charge is 0.417 e. The van der Waals surface area contributed by atoms with E-state index < -0.39 is 102 Å². The number of hydrogen-bond acceptors (Lipinski definition) is 6. The smallest absolute Gasteiger partial charge is 0.192 e. The van der Waals surface area contributed by atoms with E-state index in [0.29, 0.717) is 12.1 Å². The standard InChI is InChI=1S/C30H6F12N6/c31-27(32,33)23-3-13(4-24(21(23)11-47)28(34,35)36)17(7-43)15-1-2-16(20(10-46)19(15)9-45)18(8-44)14-5-25(29(37,38)39)22(12-48)26(6-14)30(40,41)42/h1-6H/b17-15-,18-16+. The van der Waals surface area contributed by atoms with Gasteiger partial charge in [-0.15, -0.1) is 0 Å². The molecule has 0 aliphatic carbocycles. The van der Waals surface area contributed by atoms with Gasteiger partial charge >= 0.3 is 24.7 Å². The van der Waals surface area contributed by atoms with Crippen molar-refractivity contribution < 1.29 is 52.7 Å². The monoisotopic (exact) mass is 678 g/mol. The van der Waals surface area contributed by atoms with Gasteiger partial charge in [0.1, 0.15) is 36.4 Å². The summed E-state index contributed by atoms with van der Waals surface area (Å²) in [4.78, 5) is 0. The molecule has 0 fully saturated rings. The molecule has 240 valence electrons. The van der Waals surface area contributed by atoms with Crippen LogP contribution in [0.4, 0.5) is 52.7 Å². The lowest BCUT2D eigenvalue weighted by Gasteiger charge is -2.17. The third kappa shape index (κ3) is 6.56. The van der Waals surface area contributed by atoms with Gasteiger partial charge in [-0.25, -0.2) is 0 Å². The first-order valence-corrected chi connectivity index (χ1v) is 12.1. The Morgan fingerprint density at radius 2 is 0.625 bits per heavy atom. The Bertz CT molecular complexity index is 2020. The second-order valence-corrected chi connectivity index (χ2v) is 9.22. The highest BCUT2D eigenvalue weighted by atomic mass is 19.4. The van der Waals surface area contributed by atoms with Crippen LogP contribution in [0.2, 0.25) is 0 Å². The van der Waals surface area contributed by atoms with E-state index in [9.17, 15) is 73.7 Å². The second-order valence-electron chi connectivity index (χ2n) is 9.22. The minimum absolute atomic E-state index is 0.00558. The van der Waals surface area contributed by atoms with Crippen molar-refractivity contribution in [2.75, 3.05) is 0 Å². The molecule has 6 nitrogen and oxygen atoms in total. The van der Waals surface area contributed by atoms with Crippen LogP contribution in [0.5, 0.6) is 0 Å². The lowest BCUT2D eigenvalue weighted by molar-refractivity contribution is -0.145. The molecule has 0 spiro atoms. The maximum atomic E-state index is 13.7. The quantitative estimate of drug-likeness (QED) is 0.276. The molecule has 0 aromatic heterocycles. The van der Waals surface area contributed by atoms with Crippen molar-refractivity contribution in [1.82, 2.24) is 0 Å². The zero-order valence-corrected chi connectivity index (χ0v) is 22.7. The molecule has 0 N–H and O–H groups in total. The van der Waals surface area contributed by atoms with E-state index in [1.165, 1.54) is 24.3 Å². The Kier molecular flexibility index (Phi) is 9.26. The molecular formula is C30H6F12N6. The average Bonchev–Trinajstić information content (AvgIpc) is 2.99. The van der Waals surface area contributed by atoms with Gasteiger partial charge in [0, 0.05) is 10.4 Å². The Hall–Kier alpha value is -6.50. The zero-order valence-electron chi connectivity index (χ0n) is 22.7. The highest BCUT2D eigenvalue weighted by molar-refractivity contribution is 5.82. The maximum Gasteiger partial charge on any atom is 0.417 e. The van der Waals surface area contributed by atoms with Crippen LogP contribution in [0.3, 0.4) is 0 Å². The fourth-order valence-electron chi connectivity index (χ4n) is 4.52. The molecule has 0 bridgehead atoms. The fraction of sp³-hybridized carbons (Fsp3) is 0.133. The number of benzene rings is 3. The fourth-order valence-corrected chi connectivity index (χ4v) is 4.52. The Labute approximate surface area is 259 Å². The van der Waals surface area contributed by atoms with Crippen LogP contribution in [0.25, 0.3) is 11.1 Å². The van der Waals surface area contributed by atoms with Crippen LogP contribution in [0, 0.1) is 68.0 Å². The molecule has 0 heterocycles. The van der Waals surface area contributed by atoms with Crippen molar-refractivity contribution in [2.24, 2.45) is 0 Å². The highest BCUT2D eigenvalue weighted by Gasteiger charge is 2.43. The van der Waals surface area contributed by atoms with E-state index in [2.05, 4.69) is 0 Å². The molecule has 3 aromatic carbocycles. The number of alkyl halides is 12. The first-order valence-electron chi connectivity index (χ1n) is 12.1. The van der Waals surface area contributed by atoms with Gasteiger partial charge in [0.15, 0.2) is 0 Å². The highest BCUT2D eigenvalue weighted by Crippen LogP contribution is 2.42. The molecule has 0 aliphatic rings. The SMILES string of the molecule is N#C/C(c1cc(C(F)(F)F)c(C#N)c(C(F)(F)F)c1)=c1/cc/c(=C(\C#N)c2cc(C(F)(F)F)c(C#N)c(C(F)(F)F)c2)c(C#N)c1C#N. The molecule has 0 radical (unpaired) electrons. The number of hydrogen-bond donors (Lipinski definition) is 0. The van der Waals surface area contributed by atoms with Crippen molar-refractivity contribution in [3.05, 3.63) is 102 Å². The van der Waals surface area contributed by atoms with Gasteiger partial charge in [0.25, 0.3) is 0 Å². The summed E-state index contributed by atoms with van der Waals surface area (Å²) in [5.74, 6) is 0. The van der Waals surface area contributed by atoms with Crippen LogP contribution in [-0.4, -0.2) is 0 Å². The molecule has 48 heavy (non-hydrogen) atoms. The van der Waals surface area contributed by atoms with Crippen molar-refractivity contribution in [2.45, 2.75) is 24.7 Å². The third-order valence-electron chi connectivity index (χ3n) is 6.49. The summed E-state index contributed by atoms with van der Waals surface area (Å²) >= 11 is 0.